The van der Waals surface area contributed by atoms with Crippen molar-refractivity contribution in [3.63, 3.8) is 0 Å². The summed E-state index contributed by atoms with van der Waals surface area (Å²) in [4.78, 5) is 4.21. The van der Waals surface area contributed by atoms with Gasteiger partial charge in [-0.2, -0.15) is 0 Å². The third kappa shape index (κ3) is 2.82. The van der Waals surface area contributed by atoms with E-state index in [0.29, 0.717) is 0 Å². The molecule has 0 radical (unpaired) electrons. The maximum absolute atomic E-state index is 6.08. The summed E-state index contributed by atoms with van der Waals surface area (Å²) < 4.78 is 0.954. The van der Waals surface area contributed by atoms with Gasteiger partial charge in [0.05, 0.1) is 0 Å². The summed E-state index contributed by atoms with van der Waals surface area (Å²) in [5.41, 5.74) is 1.95. The van der Waals surface area contributed by atoms with Crippen LogP contribution in [0, 0.1) is 6.92 Å². The molecule has 1 aromatic heterocycles. The molecule has 0 aromatic carbocycles. The van der Waals surface area contributed by atoms with Crippen LogP contribution in [-0.2, 0) is 0 Å². The molecule has 0 fully saturated rings. The number of nitrogens with zero attached hydrogens (tertiary/aromatic N) is 1. The summed E-state index contributed by atoms with van der Waals surface area (Å²) in [5, 5.41) is 0.772. The van der Waals surface area contributed by atoms with Gasteiger partial charge in [-0.15, -0.1) is 0 Å². The molecule has 0 N–H and O–H groups in total. The lowest BCUT2D eigenvalue weighted by molar-refractivity contribution is 1.17. The van der Waals surface area contributed by atoms with E-state index in [9.17, 15) is 0 Å². The maximum atomic E-state index is 6.08. The Bertz CT molecular complexity index is 334. The van der Waals surface area contributed by atoms with E-state index in [4.69, 9.17) is 11.6 Å². The minimum Gasteiger partial charge on any atom is -0.260 e. The molecule has 0 aliphatic carbocycles. The van der Waals surface area contributed by atoms with Gasteiger partial charge in [0.25, 0.3) is 0 Å². The molecule has 0 saturated heterocycles. The van der Waals surface area contributed by atoms with Gasteiger partial charge in [0.1, 0.15) is 0 Å². The Morgan fingerprint density at radius 3 is 3.00 bits per heavy atom. The molecule has 0 atom stereocenters. The first-order valence-corrected chi connectivity index (χ1v) is 5.30. The van der Waals surface area contributed by atoms with Crippen molar-refractivity contribution in [1.82, 2.24) is 4.98 Å². The lowest BCUT2D eigenvalue weighted by atomic mass is 10.2. The zero-order valence-electron chi connectivity index (χ0n) is 7.64. The first-order valence-electron chi connectivity index (χ1n) is 4.13. The second-order valence-corrected chi connectivity index (χ2v) is 4.07. The summed E-state index contributed by atoms with van der Waals surface area (Å²) >= 11 is 9.45. The highest BCUT2D eigenvalue weighted by Gasteiger charge is 2.03. The molecule has 1 nitrogen and oxygen atoms in total. The van der Waals surface area contributed by atoms with Crippen molar-refractivity contribution in [3.05, 3.63) is 34.1 Å². The molecule has 1 aromatic rings. The van der Waals surface area contributed by atoms with Crippen molar-refractivity contribution < 1.29 is 0 Å². The summed E-state index contributed by atoms with van der Waals surface area (Å²) in [5.74, 6) is 0. The molecule has 0 saturated carbocycles. The zero-order chi connectivity index (χ0) is 9.84. The molecular weight excluding hydrogens is 249 g/mol. The van der Waals surface area contributed by atoms with Gasteiger partial charge in [0, 0.05) is 27.0 Å². The van der Waals surface area contributed by atoms with E-state index in [1.807, 2.05) is 19.1 Å². The van der Waals surface area contributed by atoms with Crippen molar-refractivity contribution in [2.75, 3.05) is 0 Å². The Morgan fingerprint density at radius 1 is 1.69 bits per heavy atom. The smallest absolute Gasteiger partial charge is 0.0460 e. The van der Waals surface area contributed by atoms with Gasteiger partial charge in [-0.25, -0.2) is 0 Å². The van der Waals surface area contributed by atoms with E-state index in [0.717, 1.165) is 27.2 Å². The zero-order valence-corrected chi connectivity index (χ0v) is 9.98. The van der Waals surface area contributed by atoms with Gasteiger partial charge < -0.3 is 0 Å². The fourth-order valence-electron chi connectivity index (χ4n) is 1.04. The van der Waals surface area contributed by atoms with Gasteiger partial charge in [0.15, 0.2) is 0 Å². The third-order valence-electron chi connectivity index (χ3n) is 1.69. The second kappa shape index (κ2) is 4.77. The second-order valence-electron chi connectivity index (χ2n) is 2.75. The summed E-state index contributed by atoms with van der Waals surface area (Å²) in [6, 6.07) is 1.98. The number of hydrogen-bond donors (Lipinski definition) is 0. The van der Waals surface area contributed by atoms with E-state index in [-0.39, 0.29) is 0 Å². The number of aryl methyl sites for hydroxylation is 1. The summed E-state index contributed by atoms with van der Waals surface area (Å²) in [6.07, 6.45) is 4.69. The van der Waals surface area contributed by atoms with Crippen LogP contribution in [0.25, 0.3) is 5.03 Å². The van der Waals surface area contributed by atoms with Crippen LogP contribution in [0.1, 0.15) is 24.6 Å². The number of hydrogen-bond acceptors (Lipinski definition) is 1. The highest BCUT2D eigenvalue weighted by atomic mass is 79.9. The standard InChI is InChI=1S/C10H11BrClN/c1-3-4-10(12)9-5-8(11)6-13-7(9)2/h4-6H,3H2,1-2H3/b10-4+. The van der Waals surface area contributed by atoms with Crippen molar-refractivity contribution >= 4 is 32.6 Å². The third-order valence-corrected chi connectivity index (χ3v) is 2.49. The lowest BCUT2D eigenvalue weighted by Crippen LogP contribution is -1.88. The number of allylic oxidation sites excluding steroid dienone is 1. The SMILES string of the molecule is CC/C=C(/Cl)c1cc(Br)cnc1C. The Labute approximate surface area is 92.0 Å². The largest absolute Gasteiger partial charge is 0.260 e. The fraction of sp³-hybridized carbons (Fsp3) is 0.300. The molecule has 1 heterocycles. The number of pyridine rings is 1. The molecule has 70 valence electrons. The van der Waals surface area contributed by atoms with Crippen LogP contribution in [0.4, 0.5) is 0 Å². The number of halogens is 2. The van der Waals surface area contributed by atoms with Gasteiger partial charge in [-0.05, 0) is 35.3 Å². The van der Waals surface area contributed by atoms with Crippen LogP contribution >= 0.6 is 27.5 Å². The van der Waals surface area contributed by atoms with E-state index >= 15 is 0 Å². The first kappa shape index (κ1) is 10.7. The Morgan fingerprint density at radius 2 is 2.38 bits per heavy atom. The molecule has 0 spiro atoms. The minimum absolute atomic E-state index is 0.772. The van der Waals surface area contributed by atoms with E-state index < -0.39 is 0 Å². The van der Waals surface area contributed by atoms with Gasteiger partial charge >= 0.3 is 0 Å². The fourth-order valence-corrected chi connectivity index (χ4v) is 1.72. The molecule has 0 aliphatic heterocycles. The van der Waals surface area contributed by atoms with Crippen molar-refractivity contribution in [2.24, 2.45) is 0 Å². The van der Waals surface area contributed by atoms with Crippen LogP contribution in [0.3, 0.4) is 0 Å². The van der Waals surface area contributed by atoms with E-state index in [1.165, 1.54) is 0 Å². The lowest BCUT2D eigenvalue weighted by Gasteiger charge is -2.03. The Balaban J connectivity index is 3.13. The summed E-state index contributed by atoms with van der Waals surface area (Å²) in [7, 11) is 0. The first-order chi connectivity index (χ1) is 6.15. The number of rotatable bonds is 2. The average Bonchev–Trinajstić information content (AvgIpc) is 2.09. The topological polar surface area (TPSA) is 12.9 Å². The normalized spacial score (nSPS) is 11.8. The van der Waals surface area contributed by atoms with Crippen LogP contribution in [0.15, 0.2) is 22.8 Å². The van der Waals surface area contributed by atoms with Crippen molar-refractivity contribution in [1.29, 1.82) is 0 Å². The molecule has 13 heavy (non-hydrogen) atoms. The Kier molecular flexibility index (Phi) is 3.94. The van der Waals surface area contributed by atoms with Crippen molar-refractivity contribution in [2.45, 2.75) is 20.3 Å². The van der Waals surface area contributed by atoms with Crippen LogP contribution < -0.4 is 0 Å². The van der Waals surface area contributed by atoms with E-state index in [2.05, 4.69) is 27.8 Å². The summed E-state index contributed by atoms with van der Waals surface area (Å²) in [6.45, 7) is 4.01. The van der Waals surface area contributed by atoms with Gasteiger partial charge in [-0.3, -0.25) is 4.98 Å². The Hall–Kier alpha value is -0.340. The maximum Gasteiger partial charge on any atom is 0.0460 e. The van der Waals surface area contributed by atoms with Gasteiger partial charge in [0.2, 0.25) is 0 Å². The molecule has 0 bridgehead atoms. The molecular formula is C10H11BrClN. The highest BCUT2D eigenvalue weighted by molar-refractivity contribution is 9.10. The van der Waals surface area contributed by atoms with Gasteiger partial charge in [-0.1, -0.05) is 24.6 Å². The molecule has 1 rings (SSSR count). The quantitative estimate of drug-likeness (QED) is 0.779. The average molecular weight is 261 g/mol. The molecule has 0 aliphatic rings. The molecule has 0 unspecified atom stereocenters. The molecule has 3 heteroatoms. The predicted octanol–water partition coefficient (Wildman–Crippen LogP) is 4.14. The van der Waals surface area contributed by atoms with Crippen LogP contribution in [0.2, 0.25) is 0 Å². The minimum atomic E-state index is 0.772. The van der Waals surface area contributed by atoms with E-state index in [1.54, 1.807) is 6.20 Å². The predicted molar refractivity (Wildman–Crippen MR) is 60.8 cm³/mol. The monoisotopic (exact) mass is 259 g/mol. The van der Waals surface area contributed by atoms with Crippen molar-refractivity contribution in [3.8, 4) is 0 Å². The van der Waals surface area contributed by atoms with Crippen LogP contribution in [0.5, 0.6) is 0 Å². The molecule has 0 amide bonds. The number of aromatic nitrogens is 1. The highest BCUT2D eigenvalue weighted by Crippen LogP contribution is 2.24. The van der Waals surface area contributed by atoms with Crippen LogP contribution in [-0.4, -0.2) is 4.98 Å².